The van der Waals surface area contributed by atoms with Gasteiger partial charge in [0.15, 0.2) is 5.76 Å². The lowest BCUT2D eigenvalue weighted by Gasteiger charge is -2.02. The number of unbranched alkanes of at least 4 members (excludes halogenated alkanes) is 1. The molecule has 0 aliphatic heterocycles. The van der Waals surface area contributed by atoms with E-state index in [2.05, 4.69) is 5.32 Å². The summed E-state index contributed by atoms with van der Waals surface area (Å²) in [6.45, 7) is 2.32. The Balaban J connectivity index is 2.16. The van der Waals surface area contributed by atoms with Crippen LogP contribution in [0.3, 0.4) is 0 Å². The quantitative estimate of drug-likeness (QED) is 0.816. The first kappa shape index (κ1) is 13.5. The van der Waals surface area contributed by atoms with Crippen LogP contribution < -0.4 is 5.32 Å². The number of aliphatic hydroxyl groups is 1. The second kappa shape index (κ2) is 5.84. The highest BCUT2D eigenvalue weighted by atomic mass is 19.1. The van der Waals surface area contributed by atoms with Crippen LogP contribution in [0.25, 0.3) is 11.0 Å². The summed E-state index contributed by atoms with van der Waals surface area (Å²) >= 11 is 0. The van der Waals surface area contributed by atoms with E-state index in [-0.39, 0.29) is 24.1 Å². The van der Waals surface area contributed by atoms with Gasteiger partial charge in [0.1, 0.15) is 11.4 Å². The highest BCUT2D eigenvalue weighted by Crippen LogP contribution is 2.25. The third kappa shape index (κ3) is 2.93. The van der Waals surface area contributed by atoms with Gasteiger partial charge in [0.05, 0.1) is 0 Å². The van der Waals surface area contributed by atoms with Crippen LogP contribution in [0.15, 0.2) is 22.6 Å². The number of hydrogen-bond donors (Lipinski definition) is 2. The molecule has 0 saturated heterocycles. The maximum absolute atomic E-state index is 13.1. The third-order valence-electron chi connectivity index (χ3n) is 2.97. The van der Waals surface area contributed by atoms with Gasteiger partial charge in [-0.3, -0.25) is 4.79 Å². The smallest absolute Gasteiger partial charge is 0.287 e. The highest BCUT2D eigenvalue weighted by Gasteiger charge is 2.17. The maximum Gasteiger partial charge on any atom is 0.287 e. The topological polar surface area (TPSA) is 62.5 Å². The Bertz CT molecular complexity index is 592. The Morgan fingerprint density at radius 2 is 2.21 bits per heavy atom. The highest BCUT2D eigenvalue weighted by molar-refractivity contribution is 5.98. The fraction of sp³-hybridized carbons (Fsp3) is 0.357. The molecule has 2 rings (SSSR count). The van der Waals surface area contributed by atoms with Crippen molar-refractivity contribution < 1.29 is 18.7 Å². The van der Waals surface area contributed by atoms with Gasteiger partial charge >= 0.3 is 0 Å². The average Bonchev–Trinajstić information content (AvgIpc) is 2.72. The van der Waals surface area contributed by atoms with Crippen LogP contribution in [-0.2, 0) is 0 Å². The summed E-state index contributed by atoms with van der Waals surface area (Å²) in [6, 6.07) is 4.17. The molecule has 2 N–H and O–H groups in total. The van der Waals surface area contributed by atoms with E-state index in [0.29, 0.717) is 35.9 Å². The van der Waals surface area contributed by atoms with Gasteiger partial charge in [0.25, 0.3) is 5.91 Å². The number of nitrogens with one attached hydrogen (secondary N) is 1. The number of carbonyl (C=O) groups is 1. The van der Waals surface area contributed by atoms with Crippen LogP contribution in [0.5, 0.6) is 0 Å². The molecule has 2 aromatic rings. The summed E-state index contributed by atoms with van der Waals surface area (Å²) < 4.78 is 18.6. The van der Waals surface area contributed by atoms with Crippen LogP contribution in [-0.4, -0.2) is 24.2 Å². The molecule has 0 spiro atoms. The third-order valence-corrected chi connectivity index (χ3v) is 2.97. The minimum atomic E-state index is -0.355. The minimum absolute atomic E-state index is 0.110. The lowest BCUT2D eigenvalue weighted by atomic mass is 10.1. The molecule has 1 heterocycles. The fourth-order valence-corrected chi connectivity index (χ4v) is 1.93. The number of hydrogen-bond acceptors (Lipinski definition) is 3. The first-order chi connectivity index (χ1) is 9.13. The Morgan fingerprint density at radius 3 is 2.95 bits per heavy atom. The zero-order valence-electron chi connectivity index (χ0n) is 10.7. The number of rotatable bonds is 5. The normalized spacial score (nSPS) is 10.9. The molecule has 4 nitrogen and oxygen atoms in total. The van der Waals surface area contributed by atoms with E-state index in [1.807, 2.05) is 0 Å². The molecule has 1 amide bonds. The molecule has 19 heavy (non-hydrogen) atoms. The first-order valence-electron chi connectivity index (χ1n) is 6.21. The van der Waals surface area contributed by atoms with Crippen LogP contribution in [0.2, 0.25) is 0 Å². The van der Waals surface area contributed by atoms with Crippen LogP contribution in [0, 0.1) is 12.7 Å². The zero-order valence-corrected chi connectivity index (χ0v) is 10.7. The molecule has 0 aliphatic carbocycles. The molecule has 0 aliphatic rings. The lowest BCUT2D eigenvalue weighted by molar-refractivity contribution is 0.0925. The Labute approximate surface area is 110 Å². The van der Waals surface area contributed by atoms with Crippen LogP contribution in [0.1, 0.15) is 29.0 Å². The standard InChI is InChI=1S/C14H16FNO3/c1-9-11-8-10(15)4-5-12(11)19-13(9)14(18)16-6-2-3-7-17/h4-5,8,17H,2-3,6-7H2,1H3,(H,16,18). The van der Waals surface area contributed by atoms with E-state index in [1.165, 1.54) is 18.2 Å². The monoisotopic (exact) mass is 265 g/mol. The van der Waals surface area contributed by atoms with Gasteiger partial charge in [-0.1, -0.05) is 0 Å². The number of aliphatic hydroxyl groups excluding tert-OH is 1. The van der Waals surface area contributed by atoms with Gasteiger partial charge in [0, 0.05) is 24.1 Å². The van der Waals surface area contributed by atoms with E-state index in [0.717, 1.165) is 0 Å². The first-order valence-corrected chi connectivity index (χ1v) is 6.21. The summed E-state index contributed by atoms with van der Waals surface area (Å²) in [5.41, 5.74) is 1.13. The van der Waals surface area contributed by atoms with Gasteiger partial charge in [-0.15, -0.1) is 0 Å². The van der Waals surface area contributed by atoms with Crippen molar-refractivity contribution >= 4 is 16.9 Å². The molecular weight excluding hydrogens is 249 g/mol. The summed E-state index contributed by atoms with van der Waals surface area (Å²) in [5, 5.41) is 12.0. The molecule has 1 aromatic heterocycles. The Kier molecular flexibility index (Phi) is 4.16. The predicted octanol–water partition coefficient (Wildman–Crippen LogP) is 2.38. The molecule has 0 atom stereocenters. The van der Waals surface area contributed by atoms with Gasteiger partial charge in [-0.2, -0.15) is 0 Å². The summed E-state index contributed by atoms with van der Waals surface area (Å²) in [4.78, 5) is 11.9. The minimum Gasteiger partial charge on any atom is -0.451 e. The van der Waals surface area contributed by atoms with E-state index in [9.17, 15) is 9.18 Å². The SMILES string of the molecule is Cc1c(C(=O)NCCCCO)oc2ccc(F)cc12. The van der Waals surface area contributed by atoms with Crippen molar-refractivity contribution in [2.45, 2.75) is 19.8 Å². The molecule has 0 fully saturated rings. The molecule has 0 radical (unpaired) electrons. The maximum atomic E-state index is 13.1. The number of carbonyl (C=O) groups excluding carboxylic acids is 1. The van der Waals surface area contributed by atoms with Crippen molar-refractivity contribution in [3.05, 3.63) is 35.3 Å². The Hall–Kier alpha value is -1.88. The fourth-order valence-electron chi connectivity index (χ4n) is 1.93. The number of halogens is 1. The number of benzene rings is 1. The van der Waals surface area contributed by atoms with Crippen molar-refractivity contribution in [2.75, 3.05) is 13.2 Å². The number of amides is 1. The lowest BCUT2D eigenvalue weighted by Crippen LogP contribution is -2.24. The van der Waals surface area contributed by atoms with Crippen molar-refractivity contribution in [1.29, 1.82) is 0 Å². The average molecular weight is 265 g/mol. The van der Waals surface area contributed by atoms with Gasteiger partial charge in [0.2, 0.25) is 0 Å². The number of furan rings is 1. The molecule has 0 unspecified atom stereocenters. The molecular formula is C14H16FNO3. The van der Waals surface area contributed by atoms with Gasteiger partial charge in [-0.05, 0) is 38.0 Å². The van der Waals surface area contributed by atoms with Crippen molar-refractivity contribution in [3.8, 4) is 0 Å². The predicted molar refractivity (Wildman–Crippen MR) is 69.6 cm³/mol. The molecule has 0 bridgehead atoms. The van der Waals surface area contributed by atoms with Crippen LogP contribution >= 0.6 is 0 Å². The largest absolute Gasteiger partial charge is 0.451 e. The molecule has 0 saturated carbocycles. The van der Waals surface area contributed by atoms with Gasteiger partial charge < -0.3 is 14.8 Å². The Morgan fingerprint density at radius 1 is 1.42 bits per heavy atom. The molecule has 5 heteroatoms. The number of aryl methyl sites for hydroxylation is 1. The van der Waals surface area contributed by atoms with E-state index in [1.54, 1.807) is 6.92 Å². The van der Waals surface area contributed by atoms with E-state index < -0.39 is 0 Å². The zero-order chi connectivity index (χ0) is 13.8. The van der Waals surface area contributed by atoms with Gasteiger partial charge in [-0.25, -0.2) is 4.39 Å². The second-order valence-corrected chi connectivity index (χ2v) is 4.38. The van der Waals surface area contributed by atoms with E-state index in [4.69, 9.17) is 9.52 Å². The molecule has 102 valence electrons. The van der Waals surface area contributed by atoms with E-state index >= 15 is 0 Å². The van der Waals surface area contributed by atoms with Crippen molar-refractivity contribution in [3.63, 3.8) is 0 Å². The van der Waals surface area contributed by atoms with Crippen LogP contribution in [0.4, 0.5) is 4.39 Å². The molecule has 1 aromatic carbocycles. The summed E-state index contributed by atoms with van der Waals surface area (Å²) in [5.74, 6) is -0.456. The number of fused-ring (bicyclic) bond motifs is 1. The van der Waals surface area contributed by atoms with Crippen molar-refractivity contribution in [1.82, 2.24) is 5.32 Å². The second-order valence-electron chi connectivity index (χ2n) is 4.38. The van der Waals surface area contributed by atoms with Crippen molar-refractivity contribution in [2.24, 2.45) is 0 Å². The summed E-state index contributed by atoms with van der Waals surface area (Å²) in [7, 11) is 0. The summed E-state index contributed by atoms with van der Waals surface area (Å²) in [6.07, 6.45) is 1.35.